The van der Waals surface area contributed by atoms with Gasteiger partial charge in [-0.15, -0.1) is 11.6 Å². The van der Waals surface area contributed by atoms with Gasteiger partial charge in [0.15, 0.2) is 0 Å². The summed E-state index contributed by atoms with van der Waals surface area (Å²) in [7, 11) is 0. The van der Waals surface area contributed by atoms with E-state index in [2.05, 4.69) is 24.8 Å². The third-order valence-corrected chi connectivity index (χ3v) is 3.13. The molecule has 0 atom stereocenters. The number of nitrogens with zero attached hydrogens (tertiary/aromatic N) is 2. The molecule has 0 saturated heterocycles. The van der Waals surface area contributed by atoms with E-state index in [0.29, 0.717) is 23.2 Å². The number of hydrogen-bond acceptors (Lipinski definition) is 2. The standard InChI is InChI=1S/C14H18Cl2N2/c1-11(2)10-18(7-3-6-17)14-5-4-13(16)8-12(14)9-15/h4-5,8,11H,3,7,9-10H2,1-2H3. The van der Waals surface area contributed by atoms with E-state index in [1.54, 1.807) is 0 Å². The van der Waals surface area contributed by atoms with E-state index in [1.807, 2.05) is 18.2 Å². The van der Waals surface area contributed by atoms with Crippen molar-refractivity contribution < 1.29 is 0 Å². The van der Waals surface area contributed by atoms with Crippen LogP contribution in [0.1, 0.15) is 25.8 Å². The molecule has 98 valence electrons. The Morgan fingerprint density at radius 3 is 2.67 bits per heavy atom. The second-order valence-corrected chi connectivity index (χ2v) is 5.36. The summed E-state index contributed by atoms with van der Waals surface area (Å²) in [5, 5.41) is 9.44. The van der Waals surface area contributed by atoms with Gasteiger partial charge in [-0.1, -0.05) is 25.4 Å². The van der Waals surface area contributed by atoms with Crippen molar-refractivity contribution in [3.8, 4) is 6.07 Å². The smallest absolute Gasteiger partial charge is 0.0640 e. The number of rotatable bonds is 6. The van der Waals surface area contributed by atoms with Crippen LogP contribution < -0.4 is 4.90 Å². The molecule has 2 nitrogen and oxygen atoms in total. The summed E-state index contributed by atoms with van der Waals surface area (Å²) < 4.78 is 0. The molecule has 1 aromatic rings. The molecule has 18 heavy (non-hydrogen) atoms. The number of alkyl halides is 1. The highest BCUT2D eigenvalue weighted by Gasteiger charge is 2.12. The fourth-order valence-electron chi connectivity index (χ4n) is 1.91. The van der Waals surface area contributed by atoms with Crippen LogP contribution in [0, 0.1) is 17.2 Å². The van der Waals surface area contributed by atoms with Crippen molar-refractivity contribution in [1.82, 2.24) is 0 Å². The molecule has 0 aromatic heterocycles. The van der Waals surface area contributed by atoms with E-state index in [1.165, 1.54) is 0 Å². The Labute approximate surface area is 119 Å². The van der Waals surface area contributed by atoms with Crippen LogP contribution in [0.15, 0.2) is 18.2 Å². The number of nitriles is 1. The van der Waals surface area contributed by atoms with Gasteiger partial charge in [0.1, 0.15) is 0 Å². The Hall–Kier alpha value is -0.910. The Morgan fingerprint density at radius 1 is 1.39 bits per heavy atom. The monoisotopic (exact) mass is 284 g/mol. The molecule has 1 rings (SSSR count). The zero-order valence-corrected chi connectivity index (χ0v) is 12.3. The molecule has 0 N–H and O–H groups in total. The van der Waals surface area contributed by atoms with Crippen LogP contribution in [0.4, 0.5) is 5.69 Å². The maximum absolute atomic E-state index is 8.74. The van der Waals surface area contributed by atoms with Crippen LogP contribution in [-0.2, 0) is 5.88 Å². The minimum atomic E-state index is 0.428. The van der Waals surface area contributed by atoms with Crippen molar-refractivity contribution in [3.05, 3.63) is 28.8 Å². The lowest BCUT2D eigenvalue weighted by molar-refractivity contribution is 0.611. The Morgan fingerprint density at radius 2 is 2.11 bits per heavy atom. The first-order valence-corrected chi connectivity index (χ1v) is 6.96. The molecule has 0 radical (unpaired) electrons. The molecule has 0 aliphatic rings. The van der Waals surface area contributed by atoms with E-state index in [0.717, 1.165) is 24.3 Å². The molecule has 0 aliphatic heterocycles. The first kappa shape index (κ1) is 15.1. The number of anilines is 1. The van der Waals surface area contributed by atoms with Crippen LogP contribution in [0.25, 0.3) is 0 Å². The van der Waals surface area contributed by atoms with Gasteiger partial charge in [-0.2, -0.15) is 5.26 Å². The molecule has 0 bridgehead atoms. The van der Waals surface area contributed by atoms with Gasteiger partial charge in [-0.05, 0) is 29.7 Å². The average molecular weight is 285 g/mol. The first-order valence-electron chi connectivity index (χ1n) is 6.04. The van der Waals surface area contributed by atoms with Crippen LogP contribution in [0.2, 0.25) is 5.02 Å². The molecule has 0 amide bonds. The second kappa shape index (κ2) is 7.51. The summed E-state index contributed by atoms with van der Waals surface area (Å²) in [4.78, 5) is 2.21. The van der Waals surface area contributed by atoms with Gasteiger partial charge >= 0.3 is 0 Å². The van der Waals surface area contributed by atoms with Crippen molar-refractivity contribution in [3.63, 3.8) is 0 Å². The van der Waals surface area contributed by atoms with Crippen molar-refractivity contribution in [2.45, 2.75) is 26.1 Å². The lowest BCUT2D eigenvalue weighted by atomic mass is 10.1. The summed E-state index contributed by atoms with van der Waals surface area (Å²) >= 11 is 11.9. The highest BCUT2D eigenvalue weighted by molar-refractivity contribution is 6.30. The second-order valence-electron chi connectivity index (χ2n) is 4.65. The van der Waals surface area contributed by atoms with Gasteiger partial charge in [0, 0.05) is 29.7 Å². The predicted molar refractivity (Wildman–Crippen MR) is 78.3 cm³/mol. The molecular formula is C14H18Cl2N2. The summed E-state index contributed by atoms with van der Waals surface area (Å²) in [5.74, 6) is 0.958. The van der Waals surface area contributed by atoms with Crippen molar-refractivity contribution >= 4 is 28.9 Å². The summed E-state index contributed by atoms with van der Waals surface area (Å²) in [6.07, 6.45) is 0.511. The van der Waals surface area contributed by atoms with E-state index in [4.69, 9.17) is 28.5 Å². The highest BCUT2D eigenvalue weighted by atomic mass is 35.5. The van der Waals surface area contributed by atoms with Crippen molar-refractivity contribution in [1.29, 1.82) is 5.26 Å². The molecule has 0 aliphatic carbocycles. The average Bonchev–Trinajstić information content (AvgIpc) is 2.34. The number of benzene rings is 1. The maximum Gasteiger partial charge on any atom is 0.0640 e. The van der Waals surface area contributed by atoms with Gasteiger partial charge in [0.2, 0.25) is 0 Å². The van der Waals surface area contributed by atoms with Crippen LogP contribution in [0.3, 0.4) is 0 Å². The Bertz CT molecular complexity index is 424. The SMILES string of the molecule is CC(C)CN(CCC#N)c1ccc(Cl)cc1CCl. The predicted octanol–water partition coefficient (Wildman–Crippen LogP) is 4.45. The Kier molecular flexibility index (Phi) is 6.32. The minimum Gasteiger partial charge on any atom is -0.370 e. The normalized spacial score (nSPS) is 10.4. The number of halogens is 2. The summed E-state index contributed by atoms with van der Waals surface area (Å²) in [5.41, 5.74) is 2.10. The summed E-state index contributed by atoms with van der Waals surface area (Å²) in [6, 6.07) is 7.94. The topological polar surface area (TPSA) is 27.0 Å². The van der Waals surface area contributed by atoms with E-state index in [-0.39, 0.29) is 0 Å². The molecule has 4 heteroatoms. The van der Waals surface area contributed by atoms with Gasteiger partial charge in [0.05, 0.1) is 12.5 Å². The zero-order valence-electron chi connectivity index (χ0n) is 10.8. The molecule has 0 unspecified atom stereocenters. The van der Waals surface area contributed by atoms with Crippen molar-refractivity contribution in [2.24, 2.45) is 5.92 Å². The largest absolute Gasteiger partial charge is 0.370 e. The molecule has 0 heterocycles. The number of hydrogen-bond donors (Lipinski definition) is 0. The van der Waals surface area contributed by atoms with Gasteiger partial charge in [-0.25, -0.2) is 0 Å². The van der Waals surface area contributed by atoms with Crippen molar-refractivity contribution in [2.75, 3.05) is 18.0 Å². The minimum absolute atomic E-state index is 0.428. The summed E-state index contributed by atoms with van der Waals surface area (Å²) in [6.45, 7) is 5.96. The van der Waals surface area contributed by atoms with E-state index < -0.39 is 0 Å². The highest BCUT2D eigenvalue weighted by Crippen LogP contribution is 2.26. The molecule has 0 fully saturated rings. The van der Waals surface area contributed by atoms with Crippen LogP contribution in [-0.4, -0.2) is 13.1 Å². The quantitative estimate of drug-likeness (QED) is 0.722. The third kappa shape index (κ3) is 4.40. The molecular weight excluding hydrogens is 267 g/mol. The van der Waals surface area contributed by atoms with E-state index >= 15 is 0 Å². The first-order chi connectivity index (χ1) is 8.58. The molecule has 0 saturated carbocycles. The fraction of sp³-hybridized carbons (Fsp3) is 0.500. The molecule has 0 spiro atoms. The van der Waals surface area contributed by atoms with Crippen LogP contribution in [0.5, 0.6) is 0 Å². The lowest BCUT2D eigenvalue weighted by Gasteiger charge is -2.27. The van der Waals surface area contributed by atoms with Crippen LogP contribution >= 0.6 is 23.2 Å². The van der Waals surface area contributed by atoms with Gasteiger partial charge < -0.3 is 4.90 Å². The fourth-order valence-corrected chi connectivity index (χ4v) is 2.31. The third-order valence-electron chi connectivity index (χ3n) is 2.61. The van der Waals surface area contributed by atoms with E-state index in [9.17, 15) is 0 Å². The molecule has 1 aromatic carbocycles. The Balaban J connectivity index is 2.99. The maximum atomic E-state index is 8.74. The zero-order chi connectivity index (χ0) is 13.5. The van der Waals surface area contributed by atoms with Gasteiger partial charge in [0.25, 0.3) is 0 Å². The lowest BCUT2D eigenvalue weighted by Crippen LogP contribution is -2.29. The van der Waals surface area contributed by atoms with Gasteiger partial charge in [-0.3, -0.25) is 0 Å².